The molecule has 2 heteroatoms. The Bertz CT molecular complexity index is 804. The molecule has 0 bridgehead atoms. The molecule has 25 heavy (non-hydrogen) atoms. The Morgan fingerprint density at radius 1 is 1.28 bits per heavy atom. The van der Waals surface area contributed by atoms with Gasteiger partial charge in [0.15, 0.2) is 0 Å². The maximum absolute atomic E-state index is 4.91. The largest absolute Gasteiger partial charge is 0.336 e. The molecule has 0 unspecified atom stereocenters. The number of nitrogens with zero attached hydrogens (tertiary/aromatic N) is 1. The fourth-order valence-corrected chi connectivity index (χ4v) is 3.51. The highest BCUT2D eigenvalue weighted by atomic mass is 14.7. The van der Waals surface area contributed by atoms with Crippen molar-refractivity contribution < 1.29 is 0 Å². The van der Waals surface area contributed by atoms with Crippen LogP contribution in [-0.2, 0) is 0 Å². The summed E-state index contributed by atoms with van der Waals surface area (Å²) in [5.41, 5.74) is 7.35. The molecule has 0 aromatic heterocycles. The fraction of sp³-hybridized carbons (Fsp3) is 0.261. The maximum atomic E-state index is 4.91. The highest BCUT2D eigenvalue weighted by molar-refractivity contribution is 6.67. The number of hydrogen-bond donors (Lipinski definition) is 0. The second kappa shape index (κ2) is 7.69. The van der Waals surface area contributed by atoms with Crippen molar-refractivity contribution in [2.24, 2.45) is 10.8 Å². The SMILES string of the molecule is C=C1C=C(C2=NB(CC(C)C)C=C2)C/C1=C(/C=C\C)c1ccccc1. The van der Waals surface area contributed by atoms with Crippen molar-refractivity contribution in [3.63, 3.8) is 0 Å². The molecule has 1 aromatic rings. The Morgan fingerprint density at radius 3 is 2.72 bits per heavy atom. The van der Waals surface area contributed by atoms with Gasteiger partial charge in [0.25, 0.3) is 0 Å². The van der Waals surface area contributed by atoms with E-state index < -0.39 is 0 Å². The van der Waals surface area contributed by atoms with Crippen LogP contribution in [0.1, 0.15) is 32.8 Å². The Kier molecular flexibility index (Phi) is 5.38. The summed E-state index contributed by atoms with van der Waals surface area (Å²) in [5, 5.41) is 0. The van der Waals surface area contributed by atoms with Gasteiger partial charge in [-0.25, -0.2) is 0 Å². The summed E-state index contributed by atoms with van der Waals surface area (Å²) in [7, 11) is 0. The van der Waals surface area contributed by atoms with Crippen LogP contribution in [0.15, 0.2) is 88.8 Å². The molecule has 1 aromatic carbocycles. The van der Waals surface area contributed by atoms with Crippen LogP contribution >= 0.6 is 0 Å². The molecule has 0 N–H and O–H groups in total. The molecular weight excluding hydrogens is 301 g/mol. The van der Waals surface area contributed by atoms with E-state index in [9.17, 15) is 0 Å². The molecule has 0 spiro atoms. The minimum Gasteiger partial charge on any atom is -0.336 e. The Hall–Kier alpha value is -2.35. The predicted molar refractivity (Wildman–Crippen MR) is 112 cm³/mol. The molecule has 0 fully saturated rings. The van der Waals surface area contributed by atoms with Crippen molar-refractivity contribution in [1.29, 1.82) is 0 Å². The van der Waals surface area contributed by atoms with Gasteiger partial charge in [0.05, 0.1) is 0 Å². The Balaban J connectivity index is 1.88. The highest BCUT2D eigenvalue weighted by Gasteiger charge is 2.24. The van der Waals surface area contributed by atoms with Crippen LogP contribution in [0, 0.1) is 5.92 Å². The van der Waals surface area contributed by atoms with Crippen LogP contribution in [-0.4, -0.2) is 12.6 Å². The molecule has 1 aliphatic heterocycles. The van der Waals surface area contributed by atoms with Crippen LogP contribution in [0.2, 0.25) is 6.32 Å². The molecule has 0 saturated carbocycles. The second-order valence-corrected chi connectivity index (χ2v) is 7.20. The minimum absolute atomic E-state index is 0.335. The molecule has 3 rings (SSSR count). The third-order valence-electron chi connectivity index (χ3n) is 4.67. The van der Waals surface area contributed by atoms with Gasteiger partial charge in [0.1, 0.15) is 0 Å². The molecule has 126 valence electrons. The topological polar surface area (TPSA) is 12.4 Å². The lowest BCUT2D eigenvalue weighted by Crippen LogP contribution is -2.08. The highest BCUT2D eigenvalue weighted by Crippen LogP contribution is 2.37. The van der Waals surface area contributed by atoms with Gasteiger partial charge in [0.2, 0.25) is 0 Å². The first kappa shape index (κ1) is 17.5. The van der Waals surface area contributed by atoms with E-state index in [0.717, 1.165) is 24.0 Å². The summed E-state index contributed by atoms with van der Waals surface area (Å²) in [5.74, 6) is 2.91. The van der Waals surface area contributed by atoms with E-state index in [4.69, 9.17) is 4.90 Å². The summed E-state index contributed by atoms with van der Waals surface area (Å²) >= 11 is 0. The van der Waals surface area contributed by atoms with Gasteiger partial charge in [-0.3, -0.25) is 0 Å². The monoisotopic (exact) mass is 327 g/mol. The molecule has 1 nitrogen and oxygen atoms in total. The summed E-state index contributed by atoms with van der Waals surface area (Å²) in [6.07, 6.45) is 10.7. The third kappa shape index (κ3) is 4.01. The molecular formula is C23H26BN. The molecule has 0 radical (unpaired) electrons. The van der Waals surface area contributed by atoms with Gasteiger partial charge < -0.3 is 4.90 Å². The van der Waals surface area contributed by atoms with Gasteiger partial charge in [-0.15, -0.1) is 0 Å². The Morgan fingerprint density at radius 2 is 2.04 bits per heavy atom. The van der Waals surface area contributed by atoms with Crippen LogP contribution in [0.25, 0.3) is 5.57 Å². The normalized spacial score (nSPS) is 19.2. The molecule has 1 heterocycles. The third-order valence-corrected chi connectivity index (χ3v) is 4.67. The maximum Gasteiger partial charge on any atom is 0.305 e. The van der Waals surface area contributed by atoms with Gasteiger partial charge >= 0.3 is 6.85 Å². The molecule has 0 saturated heterocycles. The lowest BCUT2D eigenvalue weighted by atomic mass is 9.58. The number of allylic oxidation sites excluding steroid dienone is 8. The summed E-state index contributed by atoms with van der Waals surface area (Å²) in [6.45, 7) is 11.2. The summed E-state index contributed by atoms with van der Waals surface area (Å²) in [4.78, 5) is 4.91. The fourth-order valence-electron chi connectivity index (χ4n) is 3.51. The van der Waals surface area contributed by atoms with E-state index in [1.807, 2.05) is 0 Å². The van der Waals surface area contributed by atoms with E-state index >= 15 is 0 Å². The number of benzene rings is 1. The molecule has 2 aliphatic rings. The zero-order valence-corrected chi connectivity index (χ0v) is 15.5. The second-order valence-electron chi connectivity index (χ2n) is 7.20. The molecule has 1 aliphatic carbocycles. The van der Waals surface area contributed by atoms with Crippen molar-refractivity contribution in [3.05, 3.63) is 89.5 Å². The van der Waals surface area contributed by atoms with Gasteiger partial charge in [-0.05, 0) is 53.3 Å². The first-order valence-electron chi connectivity index (χ1n) is 9.16. The van der Waals surface area contributed by atoms with E-state index in [2.05, 4.69) is 88.0 Å². The average molecular weight is 327 g/mol. The lowest BCUT2D eigenvalue weighted by Gasteiger charge is -2.10. The molecule has 0 atom stereocenters. The van der Waals surface area contributed by atoms with E-state index in [-0.39, 0.29) is 0 Å². The van der Waals surface area contributed by atoms with Gasteiger partial charge in [0, 0.05) is 12.1 Å². The summed E-state index contributed by atoms with van der Waals surface area (Å²) < 4.78 is 0. The van der Waals surface area contributed by atoms with Crippen LogP contribution in [0.5, 0.6) is 0 Å². The van der Waals surface area contributed by atoms with Crippen LogP contribution in [0.4, 0.5) is 0 Å². The van der Waals surface area contributed by atoms with Crippen molar-refractivity contribution in [2.45, 2.75) is 33.5 Å². The van der Waals surface area contributed by atoms with Crippen molar-refractivity contribution in [1.82, 2.24) is 0 Å². The zero-order valence-electron chi connectivity index (χ0n) is 15.5. The predicted octanol–water partition coefficient (Wildman–Crippen LogP) is 6.10. The van der Waals surface area contributed by atoms with Crippen LogP contribution < -0.4 is 0 Å². The minimum atomic E-state index is 0.335. The first-order valence-corrected chi connectivity index (χ1v) is 9.16. The quantitative estimate of drug-likeness (QED) is 0.579. The van der Waals surface area contributed by atoms with Crippen LogP contribution in [0.3, 0.4) is 0 Å². The Labute approximate surface area is 152 Å². The lowest BCUT2D eigenvalue weighted by molar-refractivity contribution is 0.727. The number of rotatable bonds is 5. The average Bonchev–Trinajstić information content (AvgIpc) is 3.19. The van der Waals surface area contributed by atoms with E-state index in [0.29, 0.717) is 12.8 Å². The van der Waals surface area contributed by atoms with Crippen molar-refractivity contribution in [3.8, 4) is 0 Å². The zero-order chi connectivity index (χ0) is 17.8. The summed E-state index contributed by atoms with van der Waals surface area (Å²) in [6, 6.07) is 10.6. The van der Waals surface area contributed by atoms with E-state index in [1.54, 1.807) is 0 Å². The standard InChI is InChI=1S/C23H26BN/c1-5-9-21(19-10-7-6-8-11-19)22-15-20(14-18(22)4)23-12-13-24(25-23)16-17(2)3/h5-14,17H,4,15-16H2,1-3H3/b9-5-,22-21+. The molecule has 0 amide bonds. The first-order chi connectivity index (χ1) is 12.1. The van der Waals surface area contributed by atoms with Gasteiger partial charge in [-0.2, -0.15) is 0 Å². The van der Waals surface area contributed by atoms with Crippen molar-refractivity contribution >= 4 is 18.1 Å². The smallest absolute Gasteiger partial charge is 0.305 e. The van der Waals surface area contributed by atoms with Crippen molar-refractivity contribution in [2.75, 3.05) is 0 Å². The number of hydrogen-bond acceptors (Lipinski definition) is 1. The van der Waals surface area contributed by atoms with E-state index in [1.165, 1.54) is 22.3 Å². The van der Waals surface area contributed by atoms with Gasteiger partial charge in [-0.1, -0.05) is 74.8 Å².